The van der Waals surface area contributed by atoms with E-state index in [1.165, 1.54) is 43.5 Å². The Labute approximate surface area is 225 Å². The van der Waals surface area contributed by atoms with Crippen LogP contribution in [0, 0.1) is 11.7 Å². The van der Waals surface area contributed by atoms with Crippen LogP contribution in [0.2, 0.25) is 0 Å². The van der Waals surface area contributed by atoms with Gasteiger partial charge in [-0.05, 0) is 73.4 Å². The number of halogens is 4. The first kappa shape index (κ1) is 28.4. The van der Waals surface area contributed by atoms with Crippen LogP contribution in [-0.2, 0) is 12.7 Å². The SMILES string of the molecule is COc1cc(CN2C[C@@H](CN(C(=O)c3ccc(F)cc3)C(C)C)[C@@H](c3cccc(C(F)(F)F)c3)C2)ccc1O. The number of methoxy groups -OCH3 is 1. The summed E-state index contributed by atoms with van der Waals surface area (Å²) in [6.45, 7) is 5.63. The largest absolute Gasteiger partial charge is 0.504 e. The minimum absolute atomic E-state index is 0.0225. The lowest BCUT2D eigenvalue weighted by Gasteiger charge is -2.32. The molecule has 0 unspecified atom stereocenters. The van der Waals surface area contributed by atoms with Gasteiger partial charge in [0, 0.05) is 43.7 Å². The lowest BCUT2D eigenvalue weighted by molar-refractivity contribution is -0.137. The number of hydrogen-bond acceptors (Lipinski definition) is 4. The molecule has 1 saturated heterocycles. The second-order valence-corrected chi connectivity index (χ2v) is 10.2. The maximum atomic E-state index is 13.5. The molecule has 3 aromatic rings. The molecule has 39 heavy (non-hydrogen) atoms. The van der Waals surface area contributed by atoms with Crippen molar-refractivity contribution >= 4 is 5.91 Å². The fourth-order valence-electron chi connectivity index (χ4n) is 5.22. The highest BCUT2D eigenvalue weighted by atomic mass is 19.4. The molecule has 1 amide bonds. The second kappa shape index (κ2) is 11.7. The first-order valence-corrected chi connectivity index (χ1v) is 12.8. The van der Waals surface area contributed by atoms with Crippen molar-refractivity contribution in [2.24, 2.45) is 5.92 Å². The highest BCUT2D eigenvalue weighted by Gasteiger charge is 2.38. The van der Waals surface area contributed by atoms with E-state index in [0.717, 1.165) is 11.6 Å². The zero-order valence-electron chi connectivity index (χ0n) is 22.1. The van der Waals surface area contributed by atoms with E-state index in [4.69, 9.17) is 4.74 Å². The molecular weight excluding hydrogens is 512 g/mol. The number of nitrogens with zero attached hydrogens (tertiary/aromatic N) is 2. The van der Waals surface area contributed by atoms with E-state index in [9.17, 15) is 27.5 Å². The van der Waals surface area contributed by atoms with Crippen LogP contribution in [0.15, 0.2) is 66.7 Å². The Balaban J connectivity index is 1.63. The summed E-state index contributed by atoms with van der Waals surface area (Å²) in [5.41, 5.74) is 1.10. The van der Waals surface area contributed by atoms with Crippen LogP contribution >= 0.6 is 0 Å². The van der Waals surface area contributed by atoms with Gasteiger partial charge in [0.1, 0.15) is 5.82 Å². The topological polar surface area (TPSA) is 53.0 Å². The lowest BCUT2D eigenvalue weighted by Crippen LogP contribution is -2.42. The number of carbonyl (C=O) groups excluding carboxylic acids is 1. The lowest BCUT2D eigenvalue weighted by atomic mass is 9.87. The summed E-state index contributed by atoms with van der Waals surface area (Å²) in [5, 5.41) is 9.94. The number of rotatable bonds is 8. The zero-order valence-corrected chi connectivity index (χ0v) is 22.1. The van der Waals surface area contributed by atoms with Gasteiger partial charge in [-0.25, -0.2) is 4.39 Å². The van der Waals surface area contributed by atoms with Crippen molar-refractivity contribution in [3.8, 4) is 11.5 Å². The number of alkyl halides is 3. The Hall–Kier alpha value is -3.59. The fraction of sp³-hybridized carbons (Fsp3) is 0.367. The van der Waals surface area contributed by atoms with E-state index in [0.29, 0.717) is 43.1 Å². The van der Waals surface area contributed by atoms with Crippen LogP contribution < -0.4 is 4.74 Å². The summed E-state index contributed by atoms with van der Waals surface area (Å²) in [7, 11) is 1.47. The molecule has 0 aromatic heterocycles. The van der Waals surface area contributed by atoms with Crippen LogP contribution in [0.3, 0.4) is 0 Å². The van der Waals surface area contributed by atoms with Crippen LogP contribution in [0.5, 0.6) is 11.5 Å². The predicted molar refractivity (Wildman–Crippen MR) is 140 cm³/mol. The fourth-order valence-corrected chi connectivity index (χ4v) is 5.22. The molecule has 2 atom stereocenters. The van der Waals surface area contributed by atoms with Crippen molar-refractivity contribution in [1.82, 2.24) is 9.80 Å². The Morgan fingerprint density at radius 2 is 1.79 bits per heavy atom. The number of phenolic OH excluding ortho intramolecular Hbond substituents is 1. The number of ether oxygens (including phenoxy) is 1. The van der Waals surface area contributed by atoms with Gasteiger partial charge in [0.2, 0.25) is 0 Å². The number of amides is 1. The standard InChI is InChI=1S/C30H32F4N2O3/c1-19(2)36(29(38)21-8-10-25(31)11-9-21)17-23-16-35(15-20-7-12-27(37)28(13-20)39-3)18-26(23)22-5-4-6-24(14-22)30(32,33)34/h4-14,19,23,26,37H,15-18H2,1-3H3/t23-,26+/m0/s1. The third kappa shape index (κ3) is 6.71. The molecule has 0 radical (unpaired) electrons. The van der Waals surface area contributed by atoms with Gasteiger partial charge in [0.25, 0.3) is 5.91 Å². The van der Waals surface area contributed by atoms with E-state index in [-0.39, 0.29) is 29.5 Å². The van der Waals surface area contributed by atoms with Gasteiger partial charge in [-0.2, -0.15) is 13.2 Å². The summed E-state index contributed by atoms with van der Waals surface area (Å²) in [4.78, 5) is 17.2. The summed E-state index contributed by atoms with van der Waals surface area (Å²) in [6, 6.07) is 15.6. The Morgan fingerprint density at radius 3 is 2.44 bits per heavy atom. The van der Waals surface area contributed by atoms with Crippen LogP contribution in [0.25, 0.3) is 0 Å². The molecule has 1 heterocycles. The molecule has 208 valence electrons. The number of carbonyl (C=O) groups is 1. The normalized spacial score (nSPS) is 17.9. The van der Waals surface area contributed by atoms with E-state index in [1.807, 2.05) is 13.8 Å². The molecule has 1 aliphatic heterocycles. The average Bonchev–Trinajstić information content (AvgIpc) is 3.30. The smallest absolute Gasteiger partial charge is 0.416 e. The summed E-state index contributed by atoms with van der Waals surface area (Å²) >= 11 is 0. The third-order valence-corrected chi connectivity index (χ3v) is 7.22. The molecule has 0 aliphatic carbocycles. The van der Waals surface area contributed by atoms with Gasteiger partial charge >= 0.3 is 6.18 Å². The summed E-state index contributed by atoms with van der Waals surface area (Å²) in [6.07, 6.45) is -4.46. The molecule has 1 aliphatic rings. The van der Waals surface area contributed by atoms with Gasteiger partial charge in [-0.1, -0.05) is 24.3 Å². The molecule has 0 spiro atoms. The van der Waals surface area contributed by atoms with E-state index < -0.39 is 17.6 Å². The summed E-state index contributed by atoms with van der Waals surface area (Å²) < 4.78 is 59.3. The van der Waals surface area contributed by atoms with Crippen molar-refractivity contribution in [3.05, 3.63) is 94.8 Å². The minimum atomic E-state index is -4.46. The zero-order chi connectivity index (χ0) is 28.3. The number of benzene rings is 3. The van der Waals surface area contributed by atoms with E-state index >= 15 is 0 Å². The minimum Gasteiger partial charge on any atom is -0.504 e. The van der Waals surface area contributed by atoms with Crippen LogP contribution in [0.1, 0.15) is 46.8 Å². The molecule has 0 saturated carbocycles. The maximum Gasteiger partial charge on any atom is 0.416 e. The average molecular weight is 545 g/mol. The van der Waals surface area contributed by atoms with Gasteiger partial charge in [-0.3, -0.25) is 9.69 Å². The third-order valence-electron chi connectivity index (χ3n) is 7.22. The maximum absolute atomic E-state index is 13.5. The molecule has 1 fully saturated rings. The first-order chi connectivity index (χ1) is 18.5. The number of phenols is 1. The van der Waals surface area contributed by atoms with E-state index in [2.05, 4.69) is 4.90 Å². The molecule has 5 nitrogen and oxygen atoms in total. The van der Waals surface area contributed by atoms with Crippen LogP contribution in [-0.4, -0.2) is 53.6 Å². The van der Waals surface area contributed by atoms with Crippen molar-refractivity contribution in [3.63, 3.8) is 0 Å². The van der Waals surface area contributed by atoms with Crippen molar-refractivity contribution in [2.75, 3.05) is 26.7 Å². The summed E-state index contributed by atoms with van der Waals surface area (Å²) in [5.74, 6) is -0.741. The monoisotopic (exact) mass is 544 g/mol. The number of aromatic hydroxyl groups is 1. The molecular formula is C30H32F4N2O3. The van der Waals surface area contributed by atoms with Crippen LogP contribution in [0.4, 0.5) is 17.6 Å². The molecule has 9 heteroatoms. The van der Waals surface area contributed by atoms with Gasteiger partial charge in [-0.15, -0.1) is 0 Å². The predicted octanol–water partition coefficient (Wildman–Crippen LogP) is 6.33. The highest BCUT2D eigenvalue weighted by molar-refractivity contribution is 5.94. The van der Waals surface area contributed by atoms with Gasteiger partial charge < -0.3 is 14.7 Å². The quantitative estimate of drug-likeness (QED) is 0.337. The highest BCUT2D eigenvalue weighted by Crippen LogP contribution is 2.38. The number of likely N-dealkylation sites (tertiary alicyclic amines) is 1. The molecule has 0 bridgehead atoms. The van der Waals surface area contributed by atoms with Gasteiger partial charge in [0.15, 0.2) is 11.5 Å². The molecule has 4 rings (SSSR count). The molecule has 1 N–H and O–H groups in total. The first-order valence-electron chi connectivity index (χ1n) is 12.8. The van der Waals surface area contributed by atoms with E-state index in [1.54, 1.807) is 29.2 Å². The van der Waals surface area contributed by atoms with Crippen molar-refractivity contribution in [2.45, 2.75) is 38.5 Å². The molecule has 3 aromatic carbocycles. The Bertz CT molecular complexity index is 1290. The van der Waals surface area contributed by atoms with Gasteiger partial charge in [0.05, 0.1) is 12.7 Å². The Kier molecular flexibility index (Phi) is 8.49. The second-order valence-electron chi connectivity index (χ2n) is 10.2. The Morgan fingerprint density at radius 1 is 1.08 bits per heavy atom. The number of hydrogen-bond donors (Lipinski definition) is 1. The van der Waals surface area contributed by atoms with Crippen molar-refractivity contribution < 1.29 is 32.2 Å². The van der Waals surface area contributed by atoms with Crippen molar-refractivity contribution in [1.29, 1.82) is 0 Å².